The molecular formula is C16H14N2O2S. The third-order valence-corrected chi connectivity index (χ3v) is 4.45. The van der Waals surface area contributed by atoms with E-state index in [0.717, 1.165) is 16.1 Å². The molecule has 0 unspecified atom stereocenters. The predicted octanol–water partition coefficient (Wildman–Crippen LogP) is 2.92. The number of hydrogen-bond donors (Lipinski definition) is 1. The molecule has 0 saturated heterocycles. The largest absolute Gasteiger partial charge is 0.399 e. The Morgan fingerprint density at radius 3 is 2.24 bits per heavy atom. The minimum Gasteiger partial charge on any atom is -0.399 e. The Labute approximate surface area is 126 Å². The van der Waals surface area contributed by atoms with Crippen molar-refractivity contribution in [1.82, 2.24) is 4.90 Å². The second-order valence-electron chi connectivity index (χ2n) is 4.88. The van der Waals surface area contributed by atoms with E-state index in [4.69, 9.17) is 5.73 Å². The Bertz CT molecular complexity index is 708. The van der Waals surface area contributed by atoms with Crippen LogP contribution in [-0.2, 0) is 0 Å². The predicted molar refractivity (Wildman–Crippen MR) is 83.3 cm³/mol. The van der Waals surface area contributed by atoms with E-state index in [9.17, 15) is 9.59 Å². The average molecular weight is 298 g/mol. The normalized spacial score (nSPS) is 13.7. The first kappa shape index (κ1) is 13.7. The summed E-state index contributed by atoms with van der Waals surface area (Å²) in [6, 6.07) is 12.6. The molecule has 4 nitrogen and oxygen atoms in total. The number of amides is 2. The first-order valence-corrected chi connectivity index (χ1v) is 7.50. The number of hydrogen-bond acceptors (Lipinski definition) is 4. The quantitative estimate of drug-likeness (QED) is 0.537. The van der Waals surface area contributed by atoms with Crippen LogP contribution in [0.25, 0.3) is 0 Å². The van der Waals surface area contributed by atoms with E-state index in [2.05, 4.69) is 0 Å². The van der Waals surface area contributed by atoms with E-state index in [-0.39, 0.29) is 11.8 Å². The van der Waals surface area contributed by atoms with Crippen molar-refractivity contribution in [2.45, 2.75) is 11.8 Å². The fourth-order valence-corrected chi connectivity index (χ4v) is 3.17. The van der Waals surface area contributed by atoms with Gasteiger partial charge in [0, 0.05) is 10.6 Å². The molecule has 1 aliphatic rings. The number of imide groups is 1. The van der Waals surface area contributed by atoms with Crippen molar-refractivity contribution in [2.75, 3.05) is 11.6 Å². The first-order chi connectivity index (χ1) is 10.1. The Balaban J connectivity index is 1.76. The molecule has 0 aromatic heterocycles. The molecule has 0 aliphatic carbocycles. The molecule has 2 amide bonds. The van der Waals surface area contributed by atoms with Gasteiger partial charge >= 0.3 is 0 Å². The van der Waals surface area contributed by atoms with Gasteiger partial charge in [-0.3, -0.25) is 14.5 Å². The lowest BCUT2D eigenvalue weighted by Crippen LogP contribution is -2.29. The molecule has 0 spiro atoms. The number of nitrogens with two attached hydrogens (primary N) is 1. The highest BCUT2D eigenvalue weighted by atomic mass is 32.2. The topological polar surface area (TPSA) is 63.4 Å². The number of nitrogens with zero attached hydrogens (tertiary/aromatic N) is 1. The van der Waals surface area contributed by atoms with Gasteiger partial charge in [-0.15, -0.1) is 11.8 Å². The van der Waals surface area contributed by atoms with E-state index in [1.807, 2.05) is 25.1 Å². The Morgan fingerprint density at radius 2 is 1.67 bits per heavy atom. The van der Waals surface area contributed by atoms with Crippen LogP contribution in [0.4, 0.5) is 5.69 Å². The number of aryl methyl sites for hydroxylation is 1. The smallest absolute Gasteiger partial charge is 0.262 e. The molecule has 2 aromatic rings. The number of carbonyl (C=O) groups excluding carboxylic acids is 2. The molecule has 2 N–H and O–H groups in total. The standard InChI is InChI=1S/C16H14N2O2S/c1-10-8-11(6-7-14(10)17)21-9-18-15(19)12-4-2-3-5-13(12)16(18)20/h2-8H,9,17H2,1H3. The summed E-state index contributed by atoms with van der Waals surface area (Å²) in [4.78, 5) is 26.7. The van der Waals surface area contributed by atoms with Gasteiger partial charge in [-0.25, -0.2) is 0 Å². The van der Waals surface area contributed by atoms with Crippen LogP contribution in [-0.4, -0.2) is 22.6 Å². The molecule has 106 valence electrons. The summed E-state index contributed by atoms with van der Waals surface area (Å²) in [5.74, 6) is -0.152. The monoisotopic (exact) mass is 298 g/mol. The third kappa shape index (κ3) is 2.40. The number of nitrogen functional groups attached to an aromatic ring is 1. The van der Waals surface area contributed by atoms with E-state index in [1.54, 1.807) is 24.3 Å². The summed E-state index contributed by atoms with van der Waals surface area (Å²) in [5.41, 5.74) is 8.47. The molecule has 0 fully saturated rings. The van der Waals surface area contributed by atoms with Gasteiger partial charge in [0.05, 0.1) is 17.0 Å². The van der Waals surface area contributed by atoms with Crippen LogP contribution in [0.1, 0.15) is 26.3 Å². The van der Waals surface area contributed by atoms with E-state index < -0.39 is 0 Å². The molecule has 3 rings (SSSR count). The number of carbonyl (C=O) groups is 2. The lowest BCUT2D eigenvalue weighted by Gasteiger charge is -2.13. The Kier molecular flexibility index (Phi) is 3.43. The minimum atomic E-state index is -0.227. The molecule has 21 heavy (non-hydrogen) atoms. The summed E-state index contributed by atoms with van der Waals surface area (Å²) in [6.07, 6.45) is 0. The maximum absolute atomic E-state index is 12.2. The van der Waals surface area contributed by atoms with Crippen LogP contribution in [0.3, 0.4) is 0 Å². The lowest BCUT2D eigenvalue weighted by atomic mass is 10.1. The summed E-state index contributed by atoms with van der Waals surface area (Å²) >= 11 is 1.45. The van der Waals surface area contributed by atoms with Crippen molar-refractivity contribution in [1.29, 1.82) is 0 Å². The maximum atomic E-state index is 12.2. The molecular weight excluding hydrogens is 284 g/mol. The molecule has 0 atom stereocenters. The van der Waals surface area contributed by atoms with E-state index >= 15 is 0 Å². The number of fused-ring (bicyclic) bond motifs is 1. The van der Waals surface area contributed by atoms with Gasteiger partial charge in [-0.1, -0.05) is 12.1 Å². The lowest BCUT2D eigenvalue weighted by molar-refractivity contribution is 0.0684. The van der Waals surface area contributed by atoms with Crippen LogP contribution < -0.4 is 5.73 Å². The van der Waals surface area contributed by atoms with Crippen molar-refractivity contribution in [3.8, 4) is 0 Å². The van der Waals surface area contributed by atoms with Gasteiger partial charge in [0.1, 0.15) is 0 Å². The second kappa shape index (κ2) is 5.26. The summed E-state index contributed by atoms with van der Waals surface area (Å²) in [6.45, 7) is 1.93. The van der Waals surface area contributed by atoms with E-state index in [0.29, 0.717) is 17.0 Å². The van der Waals surface area contributed by atoms with Gasteiger partial charge in [0.2, 0.25) is 0 Å². The Hall–Kier alpha value is -2.27. The van der Waals surface area contributed by atoms with Gasteiger partial charge < -0.3 is 5.73 Å². The van der Waals surface area contributed by atoms with Gasteiger partial charge in [-0.2, -0.15) is 0 Å². The zero-order chi connectivity index (χ0) is 15.0. The molecule has 2 aromatic carbocycles. The van der Waals surface area contributed by atoms with Crippen molar-refractivity contribution in [2.24, 2.45) is 0 Å². The van der Waals surface area contributed by atoms with Crippen LogP contribution in [0.2, 0.25) is 0 Å². The van der Waals surface area contributed by atoms with Crippen molar-refractivity contribution >= 4 is 29.3 Å². The van der Waals surface area contributed by atoms with Crippen LogP contribution in [0, 0.1) is 6.92 Å². The van der Waals surface area contributed by atoms with Crippen LogP contribution >= 0.6 is 11.8 Å². The summed E-state index contributed by atoms with van der Waals surface area (Å²) < 4.78 is 0. The molecule has 5 heteroatoms. The fraction of sp³-hybridized carbons (Fsp3) is 0.125. The first-order valence-electron chi connectivity index (χ1n) is 6.52. The van der Waals surface area contributed by atoms with Crippen molar-refractivity contribution < 1.29 is 9.59 Å². The maximum Gasteiger partial charge on any atom is 0.262 e. The van der Waals surface area contributed by atoms with Crippen LogP contribution in [0.15, 0.2) is 47.4 Å². The molecule has 0 saturated carbocycles. The molecule has 1 heterocycles. The van der Waals surface area contributed by atoms with Gasteiger partial charge in [0.25, 0.3) is 11.8 Å². The van der Waals surface area contributed by atoms with Crippen molar-refractivity contribution in [3.05, 3.63) is 59.2 Å². The SMILES string of the molecule is Cc1cc(SCN2C(=O)c3ccccc3C2=O)ccc1N. The van der Waals surface area contributed by atoms with Crippen LogP contribution in [0.5, 0.6) is 0 Å². The van der Waals surface area contributed by atoms with E-state index in [1.165, 1.54) is 16.7 Å². The number of rotatable bonds is 3. The van der Waals surface area contributed by atoms with Gasteiger partial charge in [-0.05, 0) is 42.8 Å². The van der Waals surface area contributed by atoms with Crippen molar-refractivity contribution in [3.63, 3.8) is 0 Å². The molecule has 0 radical (unpaired) electrons. The fourth-order valence-electron chi connectivity index (χ4n) is 2.23. The Morgan fingerprint density at radius 1 is 1.05 bits per heavy atom. The number of thioether (sulfide) groups is 1. The highest BCUT2D eigenvalue weighted by Gasteiger charge is 2.34. The summed E-state index contributed by atoms with van der Waals surface area (Å²) in [7, 11) is 0. The van der Waals surface area contributed by atoms with Gasteiger partial charge in [0.15, 0.2) is 0 Å². The highest BCUT2D eigenvalue weighted by molar-refractivity contribution is 7.99. The second-order valence-corrected chi connectivity index (χ2v) is 5.89. The highest BCUT2D eigenvalue weighted by Crippen LogP contribution is 2.28. The zero-order valence-corrected chi connectivity index (χ0v) is 12.3. The number of anilines is 1. The molecule has 0 bridgehead atoms. The zero-order valence-electron chi connectivity index (χ0n) is 11.5. The average Bonchev–Trinajstić information content (AvgIpc) is 2.73. The molecule has 1 aliphatic heterocycles. The third-order valence-electron chi connectivity index (χ3n) is 3.48. The minimum absolute atomic E-state index is 0.227. The number of benzene rings is 2. The summed E-state index contributed by atoms with van der Waals surface area (Å²) in [5, 5.41) is 0.